The van der Waals surface area contributed by atoms with Gasteiger partial charge in [-0.2, -0.15) is 5.10 Å². The van der Waals surface area contributed by atoms with Crippen LogP contribution in [0, 0.1) is 37.0 Å². The highest BCUT2D eigenvalue weighted by Crippen LogP contribution is 2.59. The van der Waals surface area contributed by atoms with E-state index >= 15 is 0 Å². The Hall–Kier alpha value is -0.830. The van der Waals surface area contributed by atoms with E-state index in [1.54, 1.807) is 0 Å². The lowest BCUT2D eigenvalue weighted by Crippen LogP contribution is -2.50. The molecule has 0 unspecified atom stereocenters. The number of hydrogen-bond acceptors (Lipinski definition) is 2. The molecule has 4 saturated carbocycles. The molecule has 0 amide bonds. The van der Waals surface area contributed by atoms with Gasteiger partial charge in [0, 0.05) is 24.3 Å². The fourth-order valence-corrected chi connectivity index (χ4v) is 5.79. The molecule has 4 aliphatic rings. The van der Waals surface area contributed by atoms with Gasteiger partial charge in [0.15, 0.2) is 0 Å². The van der Waals surface area contributed by atoms with Crippen LogP contribution in [0.2, 0.25) is 0 Å². The maximum absolute atomic E-state index is 4.30. The van der Waals surface area contributed by atoms with Gasteiger partial charge in [-0.15, -0.1) is 0 Å². The molecule has 4 fully saturated rings. The van der Waals surface area contributed by atoms with Gasteiger partial charge in [0.1, 0.15) is 0 Å². The number of aromatic amines is 1. The molecule has 110 valence electrons. The Balaban J connectivity index is 1.40. The molecule has 0 spiro atoms. The number of aromatic nitrogens is 2. The first kappa shape index (κ1) is 12.9. The van der Waals surface area contributed by atoms with Gasteiger partial charge < -0.3 is 5.32 Å². The highest BCUT2D eigenvalue weighted by atomic mass is 15.1. The Morgan fingerprint density at radius 2 is 1.70 bits per heavy atom. The van der Waals surface area contributed by atoms with E-state index in [1.165, 1.54) is 56.3 Å². The largest absolute Gasteiger partial charge is 0.312 e. The zero-order chi connectivity index (χ0) is 13.7. The Kier molecular flexibility index (Phi) is 2.95. The van der Waals surface area contributed by atoms with E-state index in [1.807, 2.05) is 0 Å². The van der Waals surface area contributed by atoms with Crippen LogP contribution >= 0.6 is 0 Å². The second kappa shape index (κ2) is 4.59. The quantitative estimate of drug-likeness (QED) is 0.883. The van der Waals surface area contributed by atoms with Crippen LogP contribution < -0.4 is 5.32 Å². The number of nitrogens with one attached hydrogen (secondary N) is 2. The monoisotopic (exact) mass is 273 g/mol. The van der Waals surface area contributed by atoms with Gasteiger partial charge in [-0.05, 0) is 75.5 Å². The van der Waals surface area contributed by atoms with Gasteiger partial charge in [-0.25, -0.2) is 0 Å². The molecule has 20 heavy (non-hydrogen) atoms. The zero-order valence-corrected chi connectivity index (χ0v) is 12.8. The molecule has 0 radical (unpaired) electrons. The van der Waals surface area contributed by atoms with Crippen molar-refractivity contribution in [3.05, 3.63) is 17.0 Å². The van der Waals surface area contributed by atoms with Crippen LogP contribution in [0.5, 0.6) is 0 Å². The second-order valence-corrected chi connectivity index (χ2v) is 7.93. The summed E-state index contributed by atoms with van der Waals surface area (Å²) in [6, 6.07) is 0. The Labute approximate surface area is 121 Å². The molecule has 0 aliphatic heterocycles. The lowest BCUT2D eigenvalue weighted by atomic mass is 9.49. The summed E-state index contributed by atoms with van der Waals surface area (Å²) >= 11 is 0. The summed E-state index contributed by atoms with van der Waals surface area (Å²) in [7, 11) is 0. The molecule has 4 bridgehead atoms. The summed E-state index contributed by atoms with van der Waals surface area (Å²) in [5, 5.41) is 11.2. The van der Waals surface area contributed by atoms with Gasteiger partial charge in [0.2, 0.25) is 0 Å². The first-order valence-corrected chi connectivity index (χ1v) is 8.35. The summed E-state index contributed by atoms with van der Waals surface area (Å²) in [5.41, 5.74) is 4.39. The van der Waals surface area contributed by atoms with E-state index in [2.05, 4.69) is 29.4 Å². The number of H-pyrrole nitrogens is 1. The first-order chi connectivity index (χ1) is 9.63. The molecule has 3 nitrogen and oxygen atoms in total. The minimum absolute atomic E-state index is 0.639. The van der Waals surface area contributed by atoms with Crippen LogP contribution in [0.4, 0.5) is 0 Å². The summed E-state index contributed by atoms with van der Waals surface area (Å²) in [6.07, 6.45) is 9.11. The Bertz CT molecular complexity index is 448. The van der Waals surface area contributed by atoms with Crippen molar-refractivity contribution in [2.24, 2.45) is 23.2 Å². The van der Waals surface area contributed by atoms with Crippen LogP contribution in [0.3, 0.4) is 0 Å². The molecular formula is C17H27N3. The number of aryl methyl sites for hydroxylation is 2. The van der Waals surface area contributed by atoms with Gasteiger partial charge in [0.05, 0.1) is 5.69 Å². The van der Waals surface area contributed by atoms with Gasteiger partial charge in [-0.1, -0.05) is 0 Å². The average Bonchev–Trinajstić information content (AvgIpc) is 2.68. The van der Waals surface area contributed by atoms with Crippen molar-refractivity contribution in [3.63, 3.8) is 0 Å². The van der Waals surface area contributed by atoms with E-state index in [0.717, 1.165) is 30.0 Å². The number of rotatable bonds is 4. The molecular weight excluding hydrogens is 246 g/mol. The number of nitrogens with zero attached hydrogens (tertiary/aromatic N) is 1. The summed E-state index contributed by atoms with van der Waals surface area (Å²) in [6.45, 7) is 6.43. The Morgan fingerprint density at radius 1 is 1.10 bits per heavy atom. The van der Waals surface area contributed by atoms with Crippen LogP contribution in [0.1, 0.15) is 55.5 Å². The van der Waals surface area contributed by atoms with E-state index in [-0.39, 0.29) is 0 Å². The maximum atomic E-state index is 4.30. The maximum Gasteiger partial charge on any atom is 0.0638 e. The van der Waals surface area contributed by atoms with E-state index in [0.29, 0.717) is 5.41 Å². The molecule has 0 atom stereocenters. The second-order valence-electron chi connectivity index (χ2n) is 7.93. The van der Waals surface area contributed by atoms with E-state index in [4.69, 9.17) is 0 Å². The van der Waals surface area contributed by atoms with E-state index in [9.17, 15) is 0 Å². The molecule has 1 aromatic rings. The third kappa shape index (κ3) is 2.11. The molecule has 3 heteroatoms. The average molecular weight is 273 g/mol. The lowest BCUT2D eigenvalue weighted by molar-refractivity contribution is -0.0514. The third-order valence-corrected chi connectivity index (χ3v) is 6.25. The topological polar surface area (TPSA) is 40.7 Å². The molecule has 5 rings (SSSR count). The molecule has 1 aromatic heterocycles. The number of hydrogen-bond donors (Lipinski definition) is 2. The normalized spacial score (nSPS) is 38.6. The molecule has 1 heterocycles. The standard InChI is InChI=1S/C17H27N3/c1-11-16(12(2)20-19-11)9-18-10-17-6-13-3-14(7-17)5-15(4-13)8-17/h13-15,18H,3-10H2,1-2H3,(H,19,20). The minimum Gasteiger partial charge on any atom is -0.312 e. The SMILES string of the molecule is Cc1n[nH]c(C)c1CNCC12CC3CC(CC(C3)C1)C2. The fraction of sp³-hybridized carbons (Fsp3) is 0.824. The molecule has 0 aromatic carbocycles. The highest BCUT2D eigenvalue weighted by Gasteiger charge is 2.50. The van der Waals surface area contributed by atoms with Crippen molar-refractivity contribution in [2.75, 3.05) is 6.54 Å². The fourth-order valence-electron chi connectivity index (χ4n) is 5.79. The van der Waals surface area contributed by atoms with Crippen molar-refractivity contribution in [1.82, 2.24) is 15.5 Å². The van der Waals surface area contributed by atoms with Gasteiger partial charge in [0.25, 0.3) is 0 Å². The molecule has 2 N–H and O–H groups in total. The molecule has 4 aliphatic carbocycles. The van der Waals surface area contributed by atoms with Crippen LogP contribution in [-0.2, 0) is 6.54 Å². The third-order valence-electron chi connectivity index (χ3n) is 6.25. The van der Waals surface area contributed by atoms with Crippen LogP contribution in [-0.4, -0.2) is 16.7 Å². The van der Waals surface area contributed by atoms with Crippen LogP contribution in [0.25, 0.3) is 0 Å². The lowest BCUT2D eigenvalue weighted by Gasteiger charge is -2.57. The summed E-state index contributed by atoms with van der Waals surface area (Å²) in [5.74, 6) is 3.17. The first-order valence-electron chi connectivity index (χ1n) is 8.35. The summed E-state index contributed by atoms with van der Waals surface area (Å²) in [4.78, 5) is 0. The molecule has 0 saturated heterocycles. The smallest absolute Gasteiger partial charge is 0.0638 e. The van der Waals surface area contributed by atoms with Crippen molar-refractivity contribution >= 4 is 0 Å². The predicted octanol–water partition coefficient (Wildman–Crippen LogP) is 3.33. The van der Waals surface area contributed by atoms with Crippen molar-refractivity contribution < 1.29 is 0 Å². The van der Waals surface area contributed by atoms with Gasteiger partial charge >= 0.3 is 0 Å². The predicted molar refractivity (Wildman–Crippen MR) is 80.4 cm³/mol. The van der Waals surface area contributed by atoms with Crippen LogP contribution in [0.15, 0.2) is 0 Å². The summed E-state index contributed by atoms with van der Waals surface area (Å²) < 4.78 is 0. The van der Waals surface area contributed by atoms with Crippen molar-refractivity contribution in [3.8, 4) is 0 Å². The van der Waals surface area contributed by atoms with Crippen molar-refractivity contribution in [2.45, 2.75) is 58.9 Å². The Morgan fingerprint density at radius 3 is 2.20 bits per heavy atom. The zero-order valence-electron chi connectivity index (χ0n) is 12.8. The highest BCUT2D eigenvalue weighted by molar-refractivity contribution is 5.22. The van der Waals surface area contributed by atoms with E-state index < -0.39 is 0 Å². The van der Waals surface area contributed by atoms with Gasteiger partial charge in [-0.3, -0.25) is 5.10 Å². The minimum atomic E-state index is 0.639. The van der Waals surface area contributed by atoms with Crippen molar-refractivity contribution in [1.29, 1.82) is 0 Å².